The number of fused-ring (bicyclic) bond motifs is 2. The number of hydrogen-bond donors (Lipinski definition) is 1. The molecule has 2 rings (SSSR count). The minimum atomic E-state index is -3.60. The van der Waals surface area contributed by atoms with Crippen molar-refractivity contribution in [3.63, 3.8) is 0 Å². The second-order valence-electron chi connectivity index (χ2n) is 5.29. The molecule has 1 N–H and O–H groups in total. The summed E-state index contributed by atoms with van der Waals surface area (Å²) in [5.74, 6) is -0.491. The van der Waals surface area contributed by atoms with Crippen molar-refractivity contribution in [3.05, 3.63) is 0 Å². The summed E-state index contributed by atoms with van der Waals surface area (Å²) >= 11 is 0. The van der Waals surface area contributed by atoms with Gasteiger partial charge >= 0.3 is 5.97 Å². The van der Waals surface area contributed by atoms with Crippen LogP contribution in [0.5, 0.6) is 0 Å². The van der Waals surface area contributed by atoms with Gasteiger partial charge in [-0.1, -0.05) is 12.8 Å². The van der Waals surface area contributed by atoms with Gasteiger partial charge in [0.05, 0.1) is 17.8 Å². The monoisotopic (exact) mass is 262 g/mol. The summed E-state index contributed by atoms with van der Waals surface area (Å²) in [6.07, 6.45) is 4.69. The van der Waals surface area contributed by atoms with Crippen LogP contribution in [0.4, 0.5) is 0 Å². The molecule has 2 saturated carbocycles. The Morgan fingerprint density at radius 3 is 2.65 bits per heavy atom. The maximum absolute atomic E-state index is 11.5. The van der Waals surface area contributed by atoms with Gasteiger partial charge in [0.15, 0.2) is 0 Å². The van der Waals surface area contributed by atoms with Crippen molar-refractivity contribution in [2.45, 2.75) is 44.6 Å². The van der Waals surface area contributed by atoms with E-state index in [0.717, 1.165) is 25.5 Å². The van der Waals surface area contributed by atoms with Crippen molar-refractivity contribution in [1.82, 2.24) is 0 Å². The van der Waals surface area contributed by atoms with Gasteiger partial charge in [-0.2, -0.15) is 8.42 Å². The highest BCUT2D eigenvalue weighted by atomic mass is 32.2. The van der Waals surface area contributed by atoms with E-state index < -0.39 is 27.6 Å². The molecule has 0 aliphatic heterocycles. The molecule has 98 valence electrons. The molecule has 0 aromatic heterocycles. The predicted molar refractivity (Wildman–Crippen MR) is 61.0 cm³/mol. The quantitative estimate of drug-likeness (QED) is 0.777. The minimum absolute atomic E-state index is 0.416. The molecule has 2 fully saturated rings. The summed E-state index contributed by atoms with van der Waals surface area (Å²) in [4.78, 5) is 11.5. The molecule has 0 spiro atoms. The average Bonchev–Trinajstić information content (AvgIpc) is 2.21. The van der Waals surface area contributed by atoms with Crippen LogP contribution in [0.15, 0.2) is 0 Å². The van der Waals surface area contributed by atoms with Gasteiger partial charge in [0.25, 0.3) is 10.1 Å². The Bertz CT molecular complexity index is 416. The first-order chi connectivity index (χ1) is 7.83. The summed E-state index contributed by atoms with van der Waals surface area (Å²) in [7, 11) is -3.60. The van der Waals surface area contributed by atoms with E-state index in [0.29, 0.717) is 25.2 Å². The topological polar surface area (TPSA) is 80.7 Å². The van der Waals surface area contributed by atoms with Crippen molar-refractivity contribution >= 4 is 16.1 Å². The van der Waals surface area contributed by atoms with Crippen molar-refractivity contribution in [2.75, 3.05) is 6.26 Å². The van der Waals surface area contributed by atoms with E-state index >= 15 is 0 Å². The molecule has 0 amide bonds. The second-order valence-corrected chi connectivity index (χ2v) is 6.89. The molecule has 17 heavy (non-hydrogen) atoms. The van der Waals surface area contributed by atoms with Crippen LogP contribution in [0.3, 0.4) is 0 Å². The van der Waals surface area contributed by atoms with E-state index in [-0.39, 0.29) is 0 Å². The van der Waals surface area contributed by atoms with E-state index in [4.69, 9.17) is 4.18 Å². The minimum Gasteiger partial charge on any atom is -0.481 e. The van der Waals surface area contributed by atoms with Crippen molar-refractivity contribution in [2.24, 2.45) is 11.3 Å². The van der Waals surface area contributed by atoms with Gasteiger partial charge in [0, 0.05) is 0 Å². The van der Waals surface area contributed by atoms with Gasteiger partial charge < -0.3 is 5.11 Å². The maximum Gasteiger partial charge on any atom is 0.312 e. The highest BCUT2D eigenvalue weighted by molar-refractivity contribution is 7.86. The van der Waals surface area contributed by atoms with Gasteiger partial charge in [0.1, 0.15) is 0 Å². The summed E-state index contributed by atoms with van der Waals surface area (Å²) in [5, 5.41) is 9.43. The molecule has 3 unspecified atom stereocenters. The molecule has 0 saturated heterocycles. The van der Waals surface area contributed by atoms with E-state index in [9.17, 15) is 18.3 Å². The molecule has 0 radical (unpaired) electrons. The van der Waals surface area contributed by atoms with E-state index in [1.54, 1.807) is 0 Å². The predicted octanol–water partition coefficient (Wildman–Crippen LogP) is 1.39. The summed E-state index contributed by atoms with van der Waals surface area (Å²) < 4.78 is 27.4. The third kappa shape index (κ3) is 2.47. The fourth-order valence-electron chi connectivity index (χ4n) is 3.31. The van der Waals surface area contributed by atoms with E-state index in [1.165, 1.54) is 0 Å². The number of carbonyl (C=O) groups is 1. The summed E-state index contributed by atoms with van der Waals surface area (Å²) in [6.45, 7) is 0. The van der Waals surface area contributed by atoms with Crippen LogP contribution in [0.2, 0.25) is 0 Å². The zero-order valence-electron chi connectivity index (χ0n) is 9.89. The van der Waals surface area contributed by atoms with Crippen LogP contribution >= 0.6 is 0 Å². The highest BCUT2D eigenvalue weighted by Crippen LogP contribution is 2.50. The van der Waals surface area contributed by atoms with Gasteiger partial charge in [-0.15, -0.1) is 0 Å². The Balaban J connectivity index is 2.27. The molecular weight excluding hydrogens is 244 g/mol. The van der Waals surface area contributed by atoms with Crippen LogP contribution in [-0.4, -0.2) is 31.9 Å². The molecule has 2 aliphatic carbocycles. The van der Waals surface area contributed by atoms with Crippen molar-refractivity contribution < 1.29 is 22.5 Å². The van der Waals surface area contributed by atoms with Crippen LogP contribution in [0, 0.1) is 11.3 Å². The first-order valence-corrected chi connectivity index (χ1v) is 7.77. The summed E-state index contributed by atoms with van der Waals surface area (Å²) in [5.41, 5.74) is -0.982. The number of carboxylic acids is 1. The smallest absolute Gasteiger partial charge is 0.312 e. The molecule has 5 nitrogen and oxygen atoms in total. The largest absolute Gasteiger partial charge is 0.481 e. The first-order valence-electron chi connectivity index (χ1n) is 5.95. The second kappa shape index (κ2) is 4.24. The number of rotatable bonds is 3. The first kappa shape index (κ1) is 12.8. The molecular formula is C11H18O5S. The molecule has 0 heterocycles. The van der Waals surface area contributed by atoms with Gasteiger partial charge in [-0.3, -0.25) is 8.98 Å². The Morgan fingerprint density at radius 2 is 2.06 bits per heavy atom. The van der Waals surface area contributed by atoms with Crippen LogP contribution < -0.4 is 0 Å². The molecule has 2 aliphatic rings. The lowest BCUT2D eigenvalue weighted by Crippen LogP contribution is -2.51. The lowest BCUT2D eigenvalue weighted by atomic mass is 9.60. The van der Waals surface area contributed by atoms with Crippen LogP contribution in [0.25, 0.3) is 0 Å². The Labute approximate surface area is 101 Å². The molecule has 3 atom stereocenters. The van der Waals surface area contributed by atoms with E-state index in [1.807, 2.05) is 0 Å². The molecule has 6 heteroatoms. The lowest BCUT2D eigenvalue weighted by Gasteiger charge is -2.46. The number of hydrogen-bond acceptors (Lipinski definition) is 4. The van der Waals surface area contributed by atoms with Gasteiger partial charge in [-0.25, -0.2) is 0 Å². The molecule has 0 aromatic rings. The third-order valence-corrected chi connectivity index (χ3v) is 4.64. The lowest BCUT2D eigenvalue weighted by molar-refractivity contribution is -0.164. The zero-order chi connectivity index (χ0) is 12.7. The fraction of sp³-hybridized carbons (Fsp3) is 0.909. The maximum atomic E-state index is 11.5. The van der Waals surface area contributed by atoms with Crippen LogP contribution in [0.1, 0.15) is 38.5 Å². The molecule has 0 aromatic carbocycles. The van der Waals surface area contributed by atoms with Gasteiger partial charge in [0.2, 0.25) is 0 Å². The van der Waals surface area contributed by atoms with Gasteiger partial charge in [-0.05, 0) is 31.6 Å². The van der Waals surface area contributed by atoms with E-state index in [2.05, 4.69) is 0 Å². The van der Waals surface area contributed by atoms with Crippen LogP contribution in [-0.2, 0) is 19.1 Å². The molecule has 2 bridgehead atoms. The fourth-order valence-corrected chi connectivity index (χ4v) is 4.01. The summed E-state index contributed by atoms with van der Waals surface area (Å²) in [6, 6.07) is 0. The normalized spacial score (nSPS) is 37.7. The third-order valence-electron chi connectivity index (χ3n) is 4.06. The zero-order valence-corrected chi connectivity index (χ0v) is 10.7. The SMILES string of the molecule is CS(=O)(=O)OC1CCC2CCCC1(C(=O)O)C2. The Hall–Kier alpha value is -0.620. The Morgan fingerprint density at radius 1 is 1.35 bits per heavy atom. The highest BCUT2D eigenvalue weighted by Gasteiger charge is 2.53. The number of aliphatic carboxylic acids is 1. The number of carboxylic acid groups (broad SMARTS) is 1. The van der Waals surface area contributed by atoms with Crippen molar-refractivity contribution in [3.8, 4) is 0 Å². The Kier molecular flexibility index (Phi) is 3.20. The standard InChI is InChI=1S/C11H18O5S/c1-17(14,15)16-9-5-4-8-3-2-6-11(9,7-8)10(12)13/h8-9H,2-7H2,1H3,(H,12,13). The van der Waals surface area contributed by atoms with Crippen molar-refractivity contribution in [1.29, 1.82) is 0 Å². The average molecular weight is 262 g/mol.